The molecule has 0 saturated carbocycles. The van der Waals surface area contributed by atoms with E-state index in [0.29, 0.717) is 24.2 Å². The van der Waals surface area contributed by atoms with Crippen LogP contribution in [0.4, 0.5) is 23.2 Å². The van der Waals surface area contributed by atoms with Gasteiger partial charge >= 0.3 is 0 Å². The molecule has 34 heavy (non-hydrogen) atoms. The summed E-state index contributed by atoms with van der Waals surface area (Å²) in [6.07, 6.45) is 0.381. The number of alkyl halides is 2. The lowest BCUT2D eigenvalue weighted by Gasteiger charge is -2.17. The predicted molar refractivity (Wildman–Crippen MR) is 119 cm³/mol. The number of rotatable bonds is 6. The molecule has 1 aliphatic rings. The molecule has 0 aliphatic carbocycles. The van der Waals surface area contributed by atoms with Crippen LogP contribution < -0.4 is 11.1 Å². The smallest absolute Gasteiger partial charge is 0.275 e. The molecule has 3 N–H and O–H groups in total. The van der Waals surface area contributed by atoms with E-state index in [9.17, 15) is 22.4 Å². The van der Waals surface area contributed by atoms with Crippen LogP contribution in [0.1, 0.15) is 40.7 Å². The highest BCUT2D eigenvalue weighted by atomic mass is 32.1. The average Bonchev–Trinajstić information content (AvgIpc) is 3.36. The molecule has 1 amide bonds. The molecule has 0 bridgehead atoms. The predicted octanol–water partition coefficient (Wildman–Crippen LogP) is 4.10. The van der Waals surface area contributed by atoms with E-state index in [1.54, 1.807) is 7.05 Å². The van der Waals surface area contributed by atoms with Crippen LogP contribution >= 0.6 is 11.3 Å². The molecule has 1 aromatic carbocycles. The van der Waals surface area contributed by atoms with E-state index in [-0.39, 0.29) is 34.9 Å². The highest BCUT2D eigenvalue weighted by molar-refractivity contribution is 7.13. The summed E-state index contributed by atoms with van der Waals surface area (Å²) in [6.45, 7) is -0.899. The van der Waals surface area contributed by atoms with E-state index in [2.05, 4.69) is 15.4 Å². The Morgan fingerprint density at radius 1 is 1.32 bits per heavy atom. The Labute approximate surface area is 196 Å². The van der Waals surface area contributed by atoms with Gasteiger partial charge in [0.1, 0.15) is 34.6 Å². The largest absolute Gasteiger partial charge is 0.369 e. The second kappa shape index (κ2) is 10.2. The van der Waals surface area contributed by atoms with E-state index < -0.39 is 42.5 Å². The fraction of sp³-hybridized carbons (Fsp3) is 0.409. The summed E-state index contributed by atoms with van der Waals surface area (Å²) in [5.41, 5.74) is 6.47. The van der Waals surface area contributed by atoms with Crippen LogP contribution in [0, 0.1) is 11.6 Å². The fourth-order valence-corrected chi connectivity index (χ4v) is 4.69. The average molecular weight is 498 g/mol. The molecule has 3 aromatic rings. The van der Waals surface area contributed by atoms with Gasteiger partial charge in [0.25, 0.3) is 5.91 Å². The van der Waals surface area contributed by atoms with Crippen LogP contribution in [0.3, 0.4) is 0 Å². The maximum absolute atomic E-state index is 14.5. The quantitative estimate of drug-likeness (QED) is 0.500. The summed E-state index contributed by atoms with van der Waals surface area (Å²) in [6, 6.07) is 1.49. The van der Waals surface area contributed by atoms with Gasteiger partial charge in [0.2, 0.25) is 0 Å². The van der Waals surface area contributed by atoms with Gasteiger partial charge in [0.05, 0.1) is 36.4 Å². The van der Waals surface area contributed by atoms with E-state index in [1.807, 2.05) is 0 Å². The molecular formula is C22H23F4N5O2S. The minimum absolute atomic E-state index is 0.0200. The number of thiazole rings is 1. The molecule has 3 atom stereocenters. The summed E-state index contributed by atoms with van der Waals surface area (Å²) in [4.78, 5) is 16.9. The third kappa shape index (κ3) is 4.98. The van der Waals surface area contributed by atoms with Crippen LogP contribution in [0.2, 0.25) is 0 Å². The topological polar surface area (TPSA) is 95.1 Å². The van der Waals surface area contributed by atoms with Crippen molar-refractivity contribution in [1.29, 1.82) is 0 Å². The van der Waals surface area contributed by atoms with Crippen molar-refractivity contribution in [3.05, 3.63) is 52.3 Å². The van der Waals surface area contributed by atoms with Gasteiger partial charge in [-0.1, -0.05) is 0 Å². The molecular weight excluding hydrogens is 474 g/mol. The second-order valence-electron chi connectivity index (χ2n) is 8.01. The minimum Gasteiger partial charge on any atom is -0.369 e. The Morgan fingerprint density at radius 3 is 2.76 bits per heavy atom. The molecule has 1 fully saturated rings. The number of amides is 1. The van der Waals surface area contributed by atoms with Crippen molar-refractivity contribution in [2.24, 2.45) is 12.8 Å². The minimum atomic E-state index is -1.28. The van der Waals surface area contributed by atoms with Gasteiger partial charge in [0.15, 0.2) is 0 Å². The van der Waals surface area contributed by atoms with Crippen LogP contribution in [0.15, 0.2) is 23.7 Å². The zero-order valence-electron chi connectivity index (χ0n) is 18.2. The first-order valence-electron chi connectivity index (χ1n) is 10.6. The molecule has 0 spiro atoms. The van der Waals surface area contributed by atoms with E-state index >= 15 is 0 Å². The standard InChI is InChI=1S/C22H23F4N5O2S/c1-31-20(18-3-2-15(27)14(26)9-33-18)16(8-28-31)29-21(32)17-10-34-22(30-17)19-12(24)6-11(4-5-23)7-13(19)25/h6-8,10,14-15,18H,2-5,9,27H2,1H3,(H,29,32)/t14-,15-,18+/m1/s1. The summed E-state index contributed by atoms with van der Waals surface area (Å²) in [5, 5.41) is 8.21. The Bertz CT molecular complexity index is 1150. The lowest BCUT2D eigenvalue weighted by atomic mass is 10.0. The number of benzene rings is 1. The van der Waals surface area contributed by atoms with Crippen molar-refractivity contribution >= 4 is 22.9 Å². The monoisotopic (exact) mass is 497 g/mol. The maximum Gasteiger partial charge on any atom is 0.275 e. The lowest BCUT2D eigenvalue weighted by molar-refractivity contribution is 0.0247. The first-order valence-corrected chi connectivity index (χ1v) is 11.5. The molecule has 0 radical (unpaired) electrons. The number of ether oxygens (including phenoxy) is 1. The van der Waals surface area contributed by atoms with Crippen molar-refractivity contribution in [2.45, 2.75) is 37.6 Å². The van der Waals surface area contributed by atoms with Gasteiger partial charge in [0, 0.05) is 24.9 Å². The number of nitrogens with zero attached hydrogens (tertiary/aromatic N) is 3. The number of carbonyl (C=O) groups excluding carboxylic acids is 1. The Balaban J connectivity index is 1.54. The summed E-state index contributed by atoms with van der Waals surface area (Å²) in [7, 11) is 1.67. The molecule has 7 nitrogen and oxygen atoms in total. The van der Waals surface area contributed by atoms with E-state index in [4.69, 9.17) is 10.5 Å². The van der Waals surface area contributed by atoms with Crippen LogP contribution in [0.5, 0.6) is 0 Å². The Morgan fingerprint density at radius 2 is 2.06 bits per heavy atom. The molecule has 1 aliphatic heterocycles. The number of hydrogen-bond acceptors (Lipinski definition) is 6. The number of aromatic nitrogens is 3. The van der Waals surface area contributed by atoms with Gasteiger partial charge in [-0.3, -0.25) is 13.9 Å². The normalized spacial score (nSPS) is 20.8. The summed E-state index contributed by atoms with van der Waals surface area (Å²) in [5.74, 6) is -2.37. The van der Waals surface area contributed by atoms with E-state index in [1.165, 1.54) is 16.3 Å². The SMILES string of the molecule is Cn1ncc(NC(=O)c2csc(-c3c(F)cc(CCF)cc3F)n2)c1[C@@H]1CC[C@@H](N)[C@H](F)CO1. The number of anilines is 1. The Hall–Kier alpha value is -2.83. The van der Waals surface area contributed by atoms with Gasteiger partial charge in [-0.2, -0.15) is 5.10 Å². The summed E-state index contributed by atoms with van der Waals surface area (Å²) < 4.78 is 62.6. The maximum atomic E-state index is 14.5. The molecule has 2 aromatic heterocycles. The van der Waals surface area contributed by atoms with Gasteiger partial charge < -0.3 is 15.8 Å². The van der Waals surface area contributed by atoms with Gasteiger partial charge in [-0.05, 0) is 30.5 Å². The molecule has 1 saturated heterocycles. The molecule has 3 heterocycles. The molecule has 12 heteroatoms. The van der Waals surface area contributed by atoms with Crippen molar-refractivity contribution < 1.29 is 27.1 Å². The third-order valence-electron chi connectivity index (χ3n) is 5.66. The second-order valence-corrected chi connectivity index (χ2v) is 8.87. The number of aryl methyl sites for hydroxylation is 2. The van der Waals surface area contributed by atoms with Gasteiger partial charge in [-0.25, -0.2) is 18.2 Å². The highest BCUT2D eigenvalue weighted by Gasteiger charge is 2.30. The van der Waals surface area contributed by atoms with Gasteiger partial charge in [-0.15, -0.1) is 11.3 Å². The first kappa shape index (κ1) is 24.3. The fourth-order valence-electron chi connectivity index (χ4n) is 3.84. The van der Waals surface area contributed by atoms with Crippen molar-refractivity contribution in [2.75, 3.05) is 18.6 Å². The first-order chi connectivity index (χ1) is 16.3. The van der Waals surface area contributed by atoms with Crippen LogP contribution in [-0.4, -0.2) is 46.2 Å². The number of halogens is 4. The highest BCUT2D eigenvalue weighted by Crippen LogP contribution is 2.33. The number of hydrogen-bond donors (Lipinski definition) is 2. The van der Waals surface area contributed by atoms with Crippen molar-refractivity contribution in [3.8, 4) is 10.6 Å². The zero-order valence-corrected chi connectivity index (χ0v) is 19.0. The summed E-state index contributed by atoms with van der Waals surface area (Å²) >= 11 is 0.903. The number of nitrogens with two attached hydrogens (primary N) is 1. The number of nitrogens with one attached hydrogen (secondary N) is 1. The third-order valence-corrected chi connectivity index (χ3v) is 6.52. The van der Waals surface area contributed by atoms with Crippen molar-refractivity contribution in [1.82, 2.24) is 14.8 Å². The molecule has 0 unspecified atom stereocenters. The zero-order chi connectivity index (χ0) is 24.4. The van der Waals surface area contributed by atoms with E-state index in [0.717, 1.165) is 23.5 Å². The number of carbonyl (C=O) groups is 1. The van der Waals surface area contributed by atoms with Crippen LogP contribution in [0.25, 0.3) is 10.6 Å². The lowest BCUT2D eigenvalue weighted by Crippen LogP contribution is -2.32. The van der Waals surface area contributed by atoms with Crippen LogP contribution in [-0.2, 0) is 18.2 Å². The Kier molecular flexibility index (Phi) is 7.29. The molecule has 4 rings (SSSR count). The molecule has 182 valence electrons. The van der Waals surface area contributed by atoms with Crippen molar-refractivity contribution in [3.63, 3.8) is 0 Å².